The van der Waals surface area contributed by atoms with Crippen molar-refractivity contribution in [3.63, 3.8) is 0 Å². The van der Waals surface area contributed by atoms with Crippen LogP contribution < -0.4 is 0 Å². The molecule has 0 aliphatic heterocycles. The summed E-state index contributed by atoms with van der Waals surface area (Å²) in [6.07, 6.45) is 1.74. The molecule has 2 aromatic heterocycles. The molecule has 5 nitrogen and oxygen atoms in total. The van der Waals surface area contributed by atoms with Crippen LogP contribution in [0.25, 0.3) is 11.2 Å². The number of nitrogens with zero attached hydrogens (tertiary/aromatic N) is 3. The van der Waals surface area contributed by atoms with Gasteiger partial charge in [0.2, 0.25) is 0 Å². The van der Waals surface area contributed by atoms with Crippen LogP contribution in [-0.2, 0) is 11.3 Å². The van der Waals surface area contributed by atoms with E-state index in [0.717, 1.165) is 22.9 Å². The quantitative estimate of drug-likeness (QED) is 0.829. The summed E-state index contributed by atoms with van der Waals surface area (Å²) in [6.45, 7) is 7.35. The van der Waals surface area contributed by atoms with Crippen LogP contribution in [0.1, 0.15) is 20.8 Å². The highest BCUT2D eigenvalue weighted by atomic mass is 32.2. The first-order valence-corrected chi connectivity index (χ1v) is 7.63. The molecule has 0 saturated carbocycles. The monoisotopic (exact) mass is 293 g/mol. The van der Waals surface area contributed by atoms with Gasteiger partial charge in [-0.05, 0) is 24.0 Å². The third-order valence-corrected chi connectivity index (χ3v) is 4.36. The summed E-state index contributed by atoms with van der Waals surface area (Å²) in [5.74, 6) is 0.199. The fraction of sp³-hybridized carbons (Fsp3) is 0.500. The number of rotatable bonds is 6. The van der Waals surface area contributed by atoms with Crippen molar-refractivity contribution in [3.8, 4) is 0 Å². The largest absolute Gasteiger partial charge is 0.481 e. The molecule has 0 bridgehead atoms. The van der Waals surface area contributed by atoms with Crippen molar-refractivity contribution in [2.24, 2.45) is 11.8 Å². The molecule has 1 unspecified atom stereocenters. The van der Waals surface area contributed by atoms with Crippen LogP contribution in [0.4, 0.5) is 0 Å². The summed E-state index contributed by atoms with van der Waals surface area (Å²) in [6, 6.07) is 3.75. The van der Waals surface area contributed by atoms with Gasteiger partial charge in [-0.1, -0.05) is 32.5 Å². The van der Waals surface area contributed by atoms with Gasteiger partial charge in [-0.2, -0.15) is 0 Å². The first-order chi connectivity index (χ1) is 9.49. The molecule has 0 fully saturated rings. The minimum atomic E-state index is -0.835. The van der Waals surface area contributed by atoms with Gasteiger partial charge in [-0.25, -0.2) is 9.97 Å². The number of imidazole rings is 1. The Bertz CT molecular complexity index is 609. The van der Waals surface area contributed by atoms with Crippen LogP contribution in [0.15, 0.2) is 23.5 Å². The zero-order chi connectivity index (χ0) is 14.7. The van der Waals surface area contributed by atoms with E-state index in [0.29, 0.717) is 11.8 Å². The Hall–Kier alpha value is -1.56. The van der Waals surface area contributed by atoms with Crippen LogP contribution in [0.5, 0.6) is 0 Å². The van der Waals surface area contributed by atoms with Crippen molar-refractivity contribution in [1.29, 1.82) is 0 Å². The zero-order valence-electron chi connectivity index (χ0n) is 11.9. The van der Waals surface area contributed by atoms with Crippen molar-refractivity contribution in [2.75, 3.05) is 5.75 Å². The van der Waals surface area contributed by atoms with E-state index in [1.807, 2.05) is 16.7 Å². The molecule has 20 heavy (non-hydrogen) atoms. The van der Waals surface area contributed by atoms with Gasteiger partial charge in [0.05, 0.1) is 5.75 Å². The molecule has 1 N–H and O–H groups in total. The van der Waals surface area contributed by atoms with Crippen LogP contribution in [0, 0.1) is 11.8 Å². The van der Waals surface area contributed by atoms with E-state index in [1.165, 1.54) is 11.8 Å². The number of carboxylic acids is 1. The number of carbonyl (C=O) groups is 1. The van der Waals surface area contributed by atoms with Crippen LogP contribution in [0.2, 0.25) is 0 Å². The van der Waals surface area contributed by atoms with Gasteiger partial charge in [0.25, 0.3) is 0 Å². The summed E-state index contributed by atoms with van der Waals surface area (Å²) < 4.78 is 2.04. The summed E-state index contributed by atoms with van der Waals surface area (Å²) in [7, 11) is 0. The molecule has 2 heterocycles. The summed E-state index contributed by atoms with van der Waals surface area (Å²) in [4.78, 5) is 19.6. The van der Waals surface area contributed by atoms with Gasteiger partial charge in [-0.3, -0.25) is 4.79 Å². The van der Waals surface area contributed by atoms with Crippen LogP contribution in [0.3, 0.4) is 0 Å². The minimum Gasteiger partial charge on any atom is -0.481 e. The molecule has 2 aromatic rings. The first kappa shape index (κ1) is 14.8. The molecule has 2 rings (SSSR count). The van der Waals surface area contributed by atoms with E-state index < -0.39 is 5.97 Å². The van der Waals surface area contributed by atoms with Crippen molar-refractivity contribution in [2.45, 2.75) is 32.5 Å². The van der Waals surface area contributed by atoms with Gasteiger partial charge in [-0.15, -0.1) is 0 Å². The third-order valence-electron chi connectivity index (χ3n) is 3.40. The normalized spacial score (nSPS) is 13.0. The number of thioether (sulfide) groups is 1. The second-order valence-corrected chi connectivity index (χ2v) is 6.20. The minimum absolute atomic E-state index is 0.0133. The van der Waals surface area contributed by atoms with E-state index in [2.05, 4.69) is 30.7 Å². The molecule has 1 atom stereocenters. The Morgan fingerprint density at radius 1 is 1.45 bits per heavy atom. The SMILES string of the molecule is CC(C)C(C)Cn1c(SCC(=O)O)nc2cccnc21. The van der Waals surface area contributed by atoms with Crippen molar-refractivity contribution in [3.05, 3.63) is 18.3 Å². The number of pyridine rings is 1. The summed E-state index contributed by atoms with van der Waals surface area (Å²) in [5.41, 5.74) is 1.64. The van der Waals surface area contributed by atoms with Gasteiger partial charge in [0, 0.05) is 12.7 Å². The van der Waals surface area contributed by atoms with E-state index in [1.54, 1.807) is 6.20 Å². The highest BCUT2D eigenvalue weighted by molar-refractivity contribution is 7.99. The zero-order valence-corrected chi connectivity index (χ0v) is 12.7. The Morgan fingerprint density at radius 3 is 2.85 bits per heavy atom. The lowest BCUT2D eigenvalue weighted by atomic mass is 9.98. The van der Waals surface area contributed by atoms with Crippen molar-refractivity contribution in [1.82, 2.24) is 14.5 Å². The average molecular weight is 293 g/mol. The van der Waals surface area contributed by atoms with Gasteiger partial charge >= 0.3 is 5.97 Å². The van der Waals surface area contributed by atoms with E-state index in [-0.39, 0.29) is 5.75 Å². The number of aromatic nitrogens is 3. The van der Waals surface area contributed by atoms with Crippen LogP contribution >= 0.6 is 11.8 Å². The lowest BCUT2D eigenvalue weighted by Crippen LogP contribution is -2.14. The summed E-state index contributed by atoms with van der Waals surface area (Å²) >= 11 is 1.25. The Balaban J connectivity index is 2.36. The fourth-order valence-electron chi connectivity index (χ4n) is 1.84. The maximum absolute atomic E-state index is 10.8. The maximum Gasteiger partial charge on any atom is 0.313 e. The lowest BCUT2D eigenvalue weighted by Gasteiger charge is -2.17. The van der Waals surface area contributed by atoms with E-state index in [9.17, 15) is 4.79 Å². The van der Waals surface area contributed by atoms with Crippen LogP contribution in [-0.4, -0.2) is 31.4 Å². The van der Waals surface area contributed by atoms with Crippen molar-refractivity contribution < 1.29 is 9.90 Å². The average Bonchev–Trinajstić information content (AvgIpc) is 2.74. The Morgan fingerprint density at radius 2 is 2.20 bits per heavy atom. The second kappa shape index (κ2) is 6.26. The van der Waals surface area contributed by atoms with E-state index in [4.69, 9.17) is 5.11 Å². The molecule has 0 spiro atoms. The molecule has 0 saturated heterocycles. The number of hydrogen-bond acceptors (Lipinski definition) is 4. The Kier molecular flexibility index (Phi) is 4.65. The molecular formula is C14H19N3O2S. The van der Waals surface area contributed by atoms with Gasteiger partial charge in [0.15, 0.2) is 10.8 Å². The highest BCUT2D eigenvalue weighted by Gasteiger charge is 2.17. The topological polar surface area (TPSA) is 68.0 Å². The number of aliphatic carboxylic acids is 1. The molecule has 0 aliphatic rings. The molecule has 6 heteroatoms. The second-order valence-electron chi connectivity index (χ2n) is 5.25. The molecule has 0 aliphatic carbocycles. The number of fused-ring (bicyclic) bond motifs is 1. The molecule has 0 aromatic carbocycles. The number of hydrogen-bond donors (Lipinski definition) is 1. The number of carboxylic acid groups (broad SMARTS) is 1. The van der Waals surface area contributed by atoms with E-state index >= 15 is 0 Å². The summed E-state index contributed by atoms with van der Waals surface area (Å²) in [5, 5.41) is 9.57. The highest BCUT2D eigenvalue weighted by Crippen LogP contribution is 2.25. The standard InChI is InChI=1S/C14H19N3O2S/c1-9(2)10(3)7-17-13-11(5-4-6-15-13)16-14(17)20-8-12(18)19/h4-6,9-10H,7-8H2,1-3H3,(H,18,19). The smallest absolute Gasteiger partial charge is 0.313 e. The molecular weight excluding hydrogens is 274 g/mol. The Labute approximate surface area is 122 Å². The van der Waals surface area contributed by atoms with Gasteiger partial charge < -0.3 is 9.67 Å². The molecule has 0 radical (unpaired) electrons. The molecule has 0 amide bonds. The molecule has 108 valence electrons. The predicted molar refractivity (Wildman–Crippen MR) is 79.9 cm³/mol. The van der Waals surface area contributed by atoms with Crippen molar-refractivity contribution >= 4 is 28.9 Å². The van der Waals surface area contributed by atoms with Gasteiger partial charge in [0.1, 0.15) is 5.52 Å². The predicted octanol–water partition coefficient (Wildman–Crippen LogP) is 2.90. The maximum atomic E-state index is 10.8. The third kappa shape index (κ3) is 3.30. The fourth-order valence-corrected chi connectivity index (χ4v) is 2.57. The lowest BCUT2D eigenvalue weighted by molar-refractivity contribution is -0.133. The first-order valence-electron chi connectivity index (χ1n) is 6.65.